The van der Waals surface area contributed by atoms with Gasteiger partial charge in [0.15, 0.2) is 0 Å². The highest BCUT2D eigenvalue weighted by atomic mass is 16.4. The predicted molar refractivity (Wildman–Crippen MR) is 80.7 cm³/mol. The fraction of sp³-hybridized carbons (Fsp3) is 0.467. The van der Waals surface area contributed by atoms with Crippen LogP contribution in [0.2, 0.25) is 0 Å². The number of carbonyl (C=O) groups excluding carboxylic acids is 1. The number of hydrogen-bond donors (Lipinski definition) is 3. The van der Waals surface area contributed by atoms with Gasteiger partial charge >= 0.3 is 12.0 Å². The number of carboxylic acids is 1. The molecule has 2 amide bonds. The summed E-state index contributed by atoms with van der Waals surface area (Å²) in [5.41, 5.74) is 7.93. The van der Waals surface area contributed by atoms with E-state index in [1.165, 1.54) is 0 Å². The Labute approximate surface area is 123 Å². The van der Waals surface area contributed by atoms with E-state index >= 15 is 0 Å². The number of amides is 2. The maximum atomic E-state index is 12.3. The van der Waals surface area contributed by atoms with Crippen LogP contribution in [0.15, 0.2) is 12.1 Å². The monoisotopic (exact) mass is 291 g/mol. The van der Waals surface area contributed by atoms with Crippen molar-refractivity contribution in [3.63, 3.8) is 0 Å². The summed E-state index contributed by atoms with van der Waals surface area (Å²) in [4.78, 5) is 25.3. The molecule has 2 rings (SSSR count). The van der Waals surface area contributed by atoms with Crippen LogP contribution in [0.4, 0.5) is 10.5 Å². The van der Waals surface area contributed by atoms with Gasteiger partial charge in [0.05, 0.1) is 11.3 Å². The summed E-state index contributed by atoms with van der Waals surface area (Å²) in [6, 6.07) is 3.11. The Morgan fingerprint density at radius 1 is 1.38 bits per heavy atom. The van der Waals surface area contributed by atoms with E-state index in [0.717, 1.165) is 24.0 Å². The lowest BCUT2D eigenvalue weighted by Crippen LogP contribution is -2.47. The van der Waals surface area contributed by atoms with Gasteiger partial charge in [-0.2, -0.15) is 0 Å². The van der Waals surface area contributed by atoms with Crippen LogP contribution in [0.25, 0.3) is 0 Å². The van der Waals surface area contributed by atoms with E-state index < -0.39 is 5.97 Å². The second kappa shape index (κ2) is 6.13. The highest BCUT2D eigenvalue weighted by Gasteiger charge is 2.23. The van der Waals surface area contributed by atoms with E-state index in [1.807, 2.05) is 13.0 Å². The van der Waals surface area contributed by atoms with Gasteiger partial charge in [-0.25, -0.2) is 9.59 Å². The SMILES string of the molecule is Cc1cc(C)c(NC(=O)N2CCCC(N)C2)c(C(=O)O)c1. The molecule has 4 N–H and O–H groups in total. The third kappa shape index (κ3) is 3.52. The van der Waals surface area contributed by atoms with Crippen molar-refractivity contribution in [2.75, 3.05) is 18.4 Å². The number of piperidine rings is 1. The maximum Gasteiger partial charge on any atom is 0.337 e. The molecular weight excluding hydrogens is 270 g/mol. The molecule has 1 aliphatic rings. The van der Waals surface area contributed by atoms with Crippen molar-refractivity contribution < 1.29 is 14.7 Å². The standard InChI is InChI=1S/C15H21N3O3/c1-9-6-10(2)13(12(7-9)14(19)20)17-15(21)18-5-3-4-11(16)8-18/h6-7,11H,3-5,8,16H2,1-2H3,(H,17,21)(H,19,20). The normalized spacial score (nSPS) is 18.4. The van der Waals surface area contributed by atoms with Crippen LogP contribution in [0, 0.1) is 13.8 Å². The van der Waals surface area contributed by atoms with Gasteiger partial charge in [0.25, 0.3) is 0 Å². The second-order valence-electron chi connectivity index (χ2n) is 5.59. The summed E-state index contributed by atoms with van der Waals surface area (Å²) in [6.07, 6.45) is 1.78. The van der Waals surface area contributed by atoms with E-state index in [-0.39, 0.29) is 17.6 Å². The van der Waals surface area contributed by atoms with E-state index in [9.17, 15) is 14.7 Å². The van der Waals surface area contributed by atoms with Gasteiger partial charge in [0.2, 0.25) is 0 Å². The molecule has 1 aromatic carbocycles. The third-order valence-corrected chi connectivity index (χ3v) is 3.69. The van der Waals surface area contributed by atoms with Gasteiger partial charge < -0.3 is 21.1 Å². The molecule has 0 saturated carbocycles. The fourth-order valence-electron chi connectivity index (χ4n) is 2.68. The summed E-state index contributed by atoms with van der Waals surface area (Å²) in [6.45, 7) is 4.76. The zero-order chi connectivity index (χ0) is 15.6. The van der Waals surface area contributed by atoms with Crippen LogP contribution in [-0.4, -0.2) is 41.1 Å². The van der Waals surface area contributed by atoms with Crippen LogP contribution in [0.5, 0.6) is 0 Å². The fourth-order valence-corrected chi connectivity index (χ4v) is 2.68. The molecule has 1 aliphatic heterocycles. The minimum Gasteiger partial charge on any atom is -0.478 e. The Morgan fingerprint density at radius 3 is 2.71 bits per heavy atom. The number of aryl methyl sites for hydroxylation is 2. The van der Waals surface area contributed by atoms with Crippen molar-refractivity contribution in [1.82, 2.24) is 4.90 Å². The number of anilines is 1. The summed E-state index contributed by atoms with van der Waals surface area (Å²) in [7, 11) is 0. The lowest BCUT2D eigenvalue weighted by molar-refractivity contribution is 0.0698. The zero-order valence-electron chi connectivity index (χ0n) is 12.3. The van der Waals surface area contributed by atoms with E-state index in [0.29, 0.717) is 18.8 Å². The van der Waals surface area contributed by atoms with Crippen molar-refractivity contribution in [1.29, 1.82) is 0 Å². The molecule has 0 bridgehead atoms. The Balaban J connectivity index is 2.22. The molecule has 6 heteroatoms. The first-order valence-corrected chi connectivity index (χ1v) is 7.04. The summed E-state index contributed by atoms with van der Waals surface area (Å²) in [5.74, 6) is -1.05. The number of urea groups is 1. The van der Waals surface area contributed by atoms with Crippen molar-refractivity contribution in [2.24, 2.45) is 5.73 Å². The molecule has 0 aromatic heterocycles. The van der Waals surface area contributed by atoms with Crippen LogP contribution in [0.1, 0.15) is 34.3 Å². The number of aromatic carboxylic acids is 1. The first kappa shape index (κ1) is 15.3. The average Bonchev–Trinajstić information content (AvgIpc) is 2.41. The van der Waals surface area contributed by atoms with Gasteiger partial charge in [0.1, 0.15) is 0 Å². The Kier molecular flexibility index (Phi) is 4.47. The van der Waals surface area contributed by atoms with E-state index in [4.69, 9.17) is 5.73 Å². The largest absolute Gasteiger partial charge is 0.478 e. The number of carbonyl (C=O) groups is 2. The number of hydrogen-bond acceptors (Lipinski definition) is 3. The van der Waals surface area contributed by atoms with Gasteiger partial charge in [0, 0.05) is 19.1 Å². The van der Waals surface area contributed by atoms with Crippen molar-refractivity contribution in [3.8, 4) is 0 Å². The van der Waals surface area contributed by atoms with Crippen LogP contribution >= 0.6 is 0 Å². The second-order valence-corrected chi connectivity index (χ2v) is 5.59. The highest BCUT2D eigenvalue weighted by Crippen LogP contribution is 2.24. The average molecular weight is 291 g/mol. The smallest absolute Gasteiger partial charge is 0.337 e. The molecule has 1 saturated heterocycles. The molecule has 114 valence electrons. The van der Waals surface area contributed by atoms with Crippen molar-refractivity contribution in [2.45, 2.75) is 32.7 Å². The number of likely N-dealkylation sites (tertiary alicyclic amines) is 1. The number of benzene rings is 1. The summed E-state index contributed by atoms with van der Waals surface area (Å²) < 4.78 is 0. The number of carboxylic acid groups (broad SMARTS) is 1. The molecule has 0 radical (unpaired) electrons. The predicted octanol–water partition coefficient (Wildman–Crippen LogP) is 1.96. The molecule has 1 aromatic rings. The molecule has 1 atom stereocenters. The molecule has 1 fully saturated rings. The van der Waals surface area contributed by atoms with Gasteiger partial charge in [-0.05, 0) is 43.9 Å². The topological polar surface area (TPSA) is 95.7 Å². The van der Waals surface area contributed by atoms with E-state index in [2.05, 4.69) is 5.32 Å². The Hall–Kier alpha value is -2.08. The number of nitrogens with zero attached hydrogens (tertiary/aromatic N) is 1. The first-order valence-electron chi connectivity index (χ1n) is 7.04. The van der Waals surface area contributed by atoms with Crippen LogP contribution in [0.3, 0.4) is 0 Å². The minimum absolute atomic E-state index is 0.0115. The molecular formula is C15H21N3O3. The Morgan fingerprint density at radius 2 is 2.10 bits per heavy atom. The molecule has 1 heterocycles. The minimum atomic E-state index is -1.05. The van der Waals surface area contributed by atoms with Crippen LogP contribution < -0.4 is 11.1 Å². The molecule has 0 spiro atoms. The number of nitrogens with one attached hydrogen (secondary N) is 1. The molecule has 21 heavy (non-hydrogen) atoms. The Bertz CT molecular complexity index is 572. The van der Waals surface area contributed by atoms with Crippen molar-refractivity contribution >= 4 is 17.7 Å². The van der Waals surface area contributed by atoms with Gasteiger partial charge in [-0.15, -0.1) is 0 Å². The van der Waals surface area contributed by atoms with Crippen LogP contribution in [-0.2, 0) is 0 Å². The van der Waals surface area contributed by atoms with Gasteiger partial charge in [-0.1, -0.05) is 6.07 Å². The third-order valence-electron chi connectivity index (χ3n) is 3.69. The zero-order valence-corrected chi connectivity index (χ0v) is 12.3. The maximum absolute atomic E-state index is 12.3. The summed E-state index contributed by atoms with van der Waals surface area (Å²) >= 11 is 0. The quantitative estimate of drug-likeness (QED) is 0.776. The molecule has 0 aliphatic carbocycles. The lowest BCUT2D eigenvalue weighted by atomic mass is 10.0. The summed E-state index contributed by atoms with van der Waals surface area (Å²) in [5, 5.41) is 12.0. The first-order chi connectivity index (χ1) is 9.88. The number of nitrogens with two attached hydrogens (primary N) is 1. The molecule has 1 unspecified atom stereocenters. The van der Waals surface area contributed by atoms with E-state index in [1.54, 1.807) is 17.9 Å². The number of rotatable bonds is 2. The van der Waals surface area contributed by atoms with Gasteiger partial charge in [-0.3, -0.25) is 0 Å². The highest BCUT2D eigenvalue weighted by molar-refractivity contribution is 6.01. The molecule has 6 nitrogen and oxygen atoms in total. The lowest BCUT2D eigenvalue weighted by Gasteiger charge is -2.31. The van der Waals surface area contributed by atoms with Crippen molar-refractivity contribution in [3.05, 3.63) is 28.8 Å².